The van der Waals surface area contributed by atoms with Crippen LogP contribution in [0.5, 0.6) is 0 Å². The molecule has 0 spiro atoms. The second kappa shape index (κ2) is 3.25. The summed E-state index contributed by atoms with van der Waals surface area (Å²) >= 11 is 0. The van der Waals surface area contributed by atoms with Crippen molar-refractivity contribution in [3.8, 4) is 0 Å². The molecule has 1 atom stereocenters. The van der Waals surface area contributed by atoms with E-state index in [9.17, 15) is 9.90 Å². The zero-order valence-corrected chi connectivity index (χ0v) is 5.67. The standard InChI is InChI=1S/C7H11NO2/c9-7(10)5-6-1-3-8-4-2-6/h1,3,6,8H,2,4-5H2,(H,9,10)/p-1. The van der Waals surface area contributed by atoms with Crippen LogP contribution in [0, 0.1) is 5.92 Å². The van der Waals surface area contributed by atoms with Gasteiger partial charge in [-0.1, -0.05) is 6.08 Å². The van der Waals surface area contributed by atoms with Crippen LogP contribution < -0.4 is 10.4 Å². The number of carbonyl (C=O) groups is 1. The lowest BCUT2D eigenvalue weighted by atomic mass is 10.00. The van der Waals surface area contributed by atoms with Crippen molar-refractivity contribution in [2.24, 2.45) is 5.92 Å². The number of nitrogens with one attached hydrogen (secondary N) is 1. The normalized spacial score (nSPS) is 23.8. The third kappa shape index (κ3) is 2.09. The van der Waals surface area contributed by atoms with E-state index < -0.39 is 5.97 Å². The molecule has 1 unspecified atom stereocenters. The number of carbonyl (C=O) groups excluding carboxylic acids is 1. The molecule has 0 aromatic carbocycles. The van der Waals surface area contributed by atoms with Crippen LogP contribution in [0.1, 0.15) is 12.8 Å². The molecule has 3 heteroatoms. The van der Waals surface area contributed by atoms with Gasteiger partial charge < -0.3 is 15.2 Å². The molecule has 1 heterocycles. The van der Waals surface area contributed by atoms with Gasteiger partial charge >= 0.3 is 0 Å². The van der Waals surface area contributed by atoms with Gasteiger partial charge in [-0.15, -0.1) is 0 Å². The first-order chi connectivity index (χ1) is 4.79. The largest absolute Gasteiger partial charge is 0.550 e. The highest BCUT2D eigenvalue weighted by molar-refractivity contribution is 5.64. The van der Waals surface area contributed by atoms with Crippen molar-refractivity contribution in [3.63, 3.8) is 0 Å². The quantitative estimate of drug-likeness (QED) is 0.549. The number of rotatable bonds is 2. The summed E-state index contributed by atoms with van der Waals surface area (Å²) in [5, 5.41) is 13.1. The summed E-state index contributed by atoms with van der Waals surface area (Å²) in [6.07, 6.45) is 4.72. The zero-order valence-electron chi connectivity index (χ0n) is 5.67. The maximum atomic E-state index is 10.1. The Bertz CT molecular complexity index is 154. The lowest BCUT2D eigenvalue weighted by molar-refractivity contribution is -0.306. The van der Waals surface area contributed by atoms with E-state index in [4.69, 9.17) is 0 Å². The fourth-order valence-electron chi connectivity index (χ4n) is 1.04. The van der Waals surface area contributed by atoms with Crippen LogP contribution in [0.15, 0.2) is 12.3 Å². The van der Waals surface area contributed by atoms with Gasteiger partial charge in [-0.25, -0.2) is 0 Å². The minimum Gasteiger partial charge on any atom is -0.550 e. The fraction of sp³-hybridized carbons (Fsp3) is 0.571. The summed E-state index contributed by atoms with van der Waals surface area (Å²) in [5.41, 5.74) is 0. The van der Waals surface area contributed by atoms with Gasteiger partial charge in [0.25, 0.3) is 0 Å². The number of carboxylic acids is 1. The topological polar surface area (TPSA) is 52.2 Å². The predicted octanol–water partition coefficient (Wildman–Crippen LogP) is -0.750. The molecule has 0 saturated heterocycles. The Kier molecular flexibility index (Phi) is 2.31. The third-order valence-corrected chi connectivity index (χ3v) is 1.57. The van der Waals surface area contributed by atoms with Gasteiger partial charge in [0.2, 0.25) is 0 Å². The van der Waals surface area contributed by atoms with E-state index in [-0.39, 0.29) is 12.3 Å². The van der Waals surface area contributed by atoms with Crippen molar-refractivity contribution in [2.45, 2.75) is 12.8 Å². The second-order valence-corrected chi connectivity index (χ2v) is 2.44. The van der Waals surface area contributed by atoms with Gasteiger partial charge in [-0.2, -0.15) is 0 Å². The summed E-state index contributed by atoms with van der Waals surface area (Å²) in [7, 11) is 0. The van der Waals surface area contributed by atoms with E-state index in [0.29, 0.717) is 0 Å². The van der Waals surface area contributed by atoms with E-state index in [1.54, 1.807) is 6.20 Å². The Labute approximate surface area is 59.7 Å². The summed E-state index contributed by atoms with van der Waals surface area (Å²) in [5.74, 6) is -0.789. The third-order valence-electron chi connectivity index (χ3n) is 1.57. The Hall–Kier alpha value is -0.990. The molecule has 1 aliphatic rings. The van der Waals surface area contributed by atoms with Crippen LogP contribution in [0.25, 0.3) is 0 Å². The van der Waals surface area contributed by atoms with E-state index in [1.165, 1.54) is 0 Å². The highest BCUT2D eigenvalue weighted by Gasteiger charge is 2.06. The summed E-state index contributed by atoms with van der Waals surface area (Å²) in [6, 6.07) is 0. The van der Waals surface area contributed by atoms with Crippen molar-refractivity contribution >= 4 is 5.97 Å². The lowest BCUT2D eigenvalue weighted by Gasteiger charge is -2.17. The monoisotopic (exact) mass is 140 g/mol. The molecular formula is C7H10NO2-. The maximum Gasteiger partial charge on any atom is 0.0420 e. The van der Waals surface area contributed by atoms with Gasteiger partial charge in [0.15, 0.2) is 0 Å². The van der Waals surface area contributed by atoms with Gasteiger partial charge in [0.05, 0.1) is 0 Å². The smallest absolute Gasteiger partial charge is 0.0420 e. The molecule has 1 rings (SSSR count). The van der Waals surface area contributed by atoms with Crippen LogP contribution >= 0.6 is 0 Å². The Morgan fingerprint density at radius 3 is 3.10 bits per heavy atom. The van der Waals surface area contributed by atoms with E-state index in [1.807, 2.05) is 6.08 Å². The maximum absolute atomic E-state index is 10.1. The molecule has 0 saturated carbocycles. The fourth-order valence-corrected chi connectivity index (χ4v) is 1.04. The first kappa shape index (κ1) is 7.12. The van der Waals surface area contributed by atoms with Gasteiger partial charge in [0, 0.05) is 12.5 Å². The number of hydrogen-bond acceptors (Lipinski definition) is 3. The van der Waals surface area contributed by atoms with Gasteiger partial charge in [0.1, 0.15) is 0 Å². The SMILES string of the molecule is O=C([O-])CC1C=CNCC1. The summed E-state index contributed by atoms with van der Waals surface area (Å²) < 4.78 is 0. The molecule has 0 fully saturated rings. The van der Waals surface area contributed by atoms with Crippen LogP contribution in [-0.2, 0) is 4.79 Å². The van der Waals surface area contributed by atoms with E-state index in [0.717, 1.165) is 13.0 Å². The van der Waals surface area contributed by atoms with Crippen molar-refractivity contribution in [2.75, 3.05) is 6.54 Å². The lowest BCUT2D eigenvalue weighted by Crippen LogP contribution is -2.27. The number of allylic oxidation sites excluding steroid dienone is 1. The Morgan fingerprint density at radius 2 is 2.60 bits per heavy atom. The molecule has 0 aromatic rings. The number of aliphatic carboxylic acids is 1. The average molecular weight is 140 g/mol. The Morgan fingerprint density at radius 1 is 1.80 bits per heavy atom. The first-order valence-electron chi connectivity index (χ1n) is 3.39. The molecule has 0 radical (unpaired) electrons. The Balaban J connectivity index is 2.33. The number of carboxylic acid groups (broad SMARTS) is 1. The molecule has 0 aliphatic carbocycles. The van der Waals surface area contributed by atoms with Crippen molar-refractivity contribution < 1.29 is 9.90 Å². The number of hydrogen-bond donors (Lipinski definition) is 1. The molecule has 1 aliphatic heterocycles. The molecule has 0 bridgehead atoms. The molecule has 3 nitrogen and oxygen atoms in total. The molecule has 56 valence electrons. The predicted molar refractivity (Wildman–Crippen MR) is 34.9 cm³/mol. The molecule has 0 aromatic heterocycles. The molecular weight excluding hydrogens is 130 g/mol. The molecule has 1 N–H and O–H groups in total. The van der Waals surface area contributed by atoms with Crippen molar-refractivity contribution in [3.05, 3.63) is 12.3 Å². The molecule has 10 heavy (non-hydrogen) atoms. The molecule has 0 amide bonds. The van der Waals surface area contributed by atoms with E-state index in [2.05, 4.69) is 5.32 Å². The van der Waals surface area contributed by atoms with Crippen LogP contribution in [0.3, 0.4) is 0 Å². The van der Waals surface area contributed by atoms with Gasteiger partial charge in [-0.3, -0.25) is 0 Å². The second-order valence-electron chi connectivity index (χ2n) is 2.44. The van der Waals surface area contributed by atoms with Crippen LogP contribution in [-0.4, -0.2) is 12.5 Å². The van der Waals surface area contributed by atoms with Crippen molar-refractivity contribution in [1.29, 1.82) is 0 Å². The van der Waals surface area contributed by atoms with Gasteiger partial charge in [-0.05, 0) is 25.0 Å². The average Bonchev–Trinajstić information content (AvgIpc) is 1.88. The summed E-state index contributed by atoms with van der Waals surface area (Å²) in [6.45, 7) is 0.869. The highest BCUT2D eigenvalue weighted by atomic mass is 16.4. The summed E-state index contributed by atoms with van der Waals surface area (Å²) in [4.78, 5) is 10.1. The van der Waals surface area contributed by atoms with Crippen LogP contribution in [0.2, 0.25) is 0 Å². The first-order valence-corrected chi connectivity index (χ1v) is 3.39. The van der Waals surface area contributed by atoms with Crippen molar-refractivity contribution in [1.82, 2.24) is 5.32 Å². The highest BCUT2D eigenvalue weighted by Crippen LogP contribution is 2.11. The minimum absolute atomic E-state index is 0.151. The van der Waals surface area contributed by atoms with E-state index >= 15 is 0 Å². The minimum atomic E-state index is -0.962. The zero-order chi connectivity index (χ0) is 7.40. The van der Waals surface area contributed by atoms with Crippen LogP contribution in [0.4, 0.5) is 0 Å².